The molecule has 1 saturated heterocycles. The largest absolute Gasteiger partial charge is 0.355 e. The number of nitrogens with zero attached hydrogens (tertiary/aromatic N) is 3. The maximum atomic E-state index is 5.66. The normalized spacial score (nSPS) is 16.8. The predicted octanol–water partition coefficient (Wildman–Crippen LogP) is 2.50. The van der Waals surface area contributed by atoms with E-state index in [1.807, 2.05) is 6.92 Å². The summed E-state index contributed by atoms with van der Waals surface area (Å²) < 4.78 is 0. The average Bonchev–Trinajstić information content (AvgIpc) is 2.49. The van der Waals surface area contributed by atoms with Crippen molar-refractivity contribution >= 4 is 16.6 Å². The molecule has 0 saturated carbocycles. The molecule has 2 aromatic rings. The van der Waals surface area contributed by atoms with Gasteiger partial charge in [-0.15, -0.1) is 5.10 Å². The number of fused-ring (bicyclic) bond motifs is 1. The highest BCUT2D eigenvalue weighted by Gasteiger charge is 2.21. The summed E-state index contributed by atoms with van der Waals surface area (Å²) >= 11 is 0. The van der Waals surface area contributed by atoms with Crippen molar-refractivity contribution in [2.45, 2.75) is 26.2 Å². The highest BCUT2D eigenvalue weighted by molar-refractivity contribution is 5.93. The van der Waals surface area contributed by atoms with Gasteiger partial charge in [0.25, 0.3) is 0 Å². The Bertz CT molecular complexity index is 588. The summed E-state index contributed by atoms with van der Waals surface area (Å²) in [5.41, 5.74) is 6.66. The van der Waals surface area contributed by atoms with Crippen molar-refractivity contribution < 1.29 is 0 Å². The van der Waals surface area contributed by atoms with Gasteiger partial charge < -0.3 is 10.6 Å². The monoisotopic (exact) mass is 270 g/mol. The van der Waals surface area contributed by atoms with Crippen LogP contribution in [0.25, 0.3) is 10.8 Å². The lowest BCUT2D eigenvalue weighted by Crippen LogP contribution is -2.35. The fraction of sp³-hybridized carbons (Fsp3) is 0.500. The smallest absolute Gasteiger partial charge is 0.159 e. The molecule has 1 aliphatic heterocycles. The molecule has 0 spiro atoms. The van der Waals surface area contributed by atoms with Gasteiger partial charge in [-0.25, -0.2) is 0 Å². The molecule has 4 nitrogen and oxygen atoms in total. The Hall–Kier alpha value is -1.68. The van der Waals surface area contributed by atoms with Gasteiger partial charge in [0.1, 0.15) is 0 Å². The van der Waals surface area contributed by atoms with Crippen LogP contribution in [0.3, 0.4) is 0 Å². The average molecular weight is 270 g/mol. The van der Waals surface area contributed by atoms with Crippen molar-refractivity contribution in [1.29, 1.82) is 0 Å². The van der Waals surface area contributed by atoms with E-state index in [9.17, 15) is 0 Å². The number of aromatic nitrogens is 2. The summed E-state index contributed by atoms with van der Waals surface area (Å²) in [6, 6.07) is 8.42. The zero-order valence-electron chi connectivity index (χ0n) is 12.0. The third-order valence-corrected chi connectivity index (χ3v) is 4.34. The molecule has 106 valence electrons. The Kier molecular flexibility index (Phi) is 3.83. The highest BCUT2D eigenvalue weighted by atomic mass is 15.3. The minimum Gasteiger partial charge on any atom is -0.355 e. The lowest BCUT2D eigenvalue weighted by molar-refractivity contribution is 0.385. The molecule has 0 amide bonds. The second kappa shape index (κ2) is 5.75. The quantitative estimate of drug-likeness (QED) is 0.931. The van der Waals surface area contributed by atoms with Crippen molar-refractivity contribution in [1.82, 2.24) is 10.2 Å². The molecule has 0 aliphatic carbocycles. The molecular formula is C16H22N4. The second-order valence-electron chi connectivity index (χ2n) is 5.66. The lowest BCUT2D eigenvalue weighted by atomic mass is 9.93. The van der Waals surface area contributed by atoms with Crippen molar-refractivity contribution in [2.75, 3.05) is 24.5 Å². The van der Waals surface area contributed by atoms with Gasteiger partial charge >= 0.3 is 0 Å². The van der Waals surface area contributed by atoms with E-state index in [1.54, 1.807) is 0 Å². The zero-order chi connectivity index (χ0) is 13.9. The van der Waals surface area contributed by atoms with E-state index in [2.05, 4.69) is 39.4 Å². The van der Waals surface area contributed by atoms with Crippen LogP contribution in [0.5, 0.6) is 0 Å². The number of piperidine rings is 1. The molecule has 0 unspecified atom stereocenters. The van der Waals surface area contributed by atoms with Gasteiger partial charge in [-0.3, -0.25) is 0 Å². The van der Waals surface area contributed by atoms with Gasteiger partial charge in [-0.05, 0) is 38.6 Å². The van der Waals surface area contributed by atoms with Crippen LogP contribution >= 0.6 is 0 Å². The summed E-state index contributed by atoms with van der Waals surface area (Å²) in [4.78, 5) is 2.38. The molecule has 0 bridgehead atoms. The van der Waals surface area contributed by atoms with Crippen LogP contribution in [0.4, 0.5) is 5.82 Å². The Labute approximate surface area is 120 Å². The Balaban J connectivity index is 1.87. The number of rotatable bonds is 3. The third kappa shape index (κ3) is 2.48. The maximum Gasteiger partial charge on any atom is 0.159 e. The SMILES string of the molecule is Cc1nnc(N2CCC(CCN)CC2)c2ccccc12. The number of hydrogen-bond acceptors (Lipinski definition) is 4. The minimum atomic E-state index is 0.779. The van der Waals surface area contributed by atoms with Gasteiger partial charge in [0.15, 0.2) is 5.82 Å². The standard InChI is InChI=1S/C16H22N4/c1-12-14-4-2-3-5-15(14)16(19-18-12)20-10-7-13(6-9-17)8-11-20/h2-5,13H,6-11,17H2,1H3. The topological polar surface area (TPSA) is 55.0 Å². The Morgan fingerprint density at radius 2 is 1.85 bits per heavy atom. The number of nitrogens with two attached hydrogens (primary N) is 1. The van der Waals surface area contributed by atoms with Crippen LogP contribution < -0.4 is 10.6 Å². The molecule has 4 heteroatoms. The van der Waals surface area contributed by atoms with Crippen LogP contribution in [0, 0.1) is 12.8 Å². The van der Waals surface area contributed by atoms with Gasteiger partial charge in [0.05, 0.1) is 5.69 Å². The molecule has 1 aromatic heterocycles. The number of benzene rings is 1. The molecule has 0 radical (unpaired) electrons. The zero-order valence-corrected chi connectivity index (χ0v) is 12.0. The molecule has 1 aromatic carbocycles. The van der Waals surface area contributed by atoms with Gasteiger partial charge in [0, 0.05) is 23.9 Å². The lowest BCUT2D eigenvalue weighted by Gasteiger charge is -2.33. The van der Waals surface area contributed by atoms with Crippen molar-refractivity contribution in [3.8, 4) is 0 Å². The van der Waals surface area contributed by atoms with Crippen LogP contribution in [0.15, 0.2) is 24.3 Å². The van der Waals surface area contributed by atoms with Crippen LogP contribution in [-0.4, -0.2) is 29.8 Å². The van der Waals surface area contributed by atoms with E-state index in [1.165, 1.54) is 23.6 Å². The molecule has 1 aliphatic rings. The van der Waals surface area contributed by atoms with Crippen molar-refractivity contribution in [3.63, 3.8) is 0 Å². The van der Waals surface area contributed by atoms with E-state index in [4.69, 9.17) is 5.73 Å². The van der Waals surface area contributed by atoms with Crippen molar-refractivity contribution in [3.05, 3.63) is 30.0 Å². The fourth-order valence-corrected chi connectivity index (χ4v) is 3.13. The number of aryl methyl sites for hydroxylation is 1. The molecule has 0 atom stereocenters. The Morgan fingerprint density at radius 3 is 2.55 bits per heavy atom. The number of hydrogen-bond donors (Lipinski definition) is 1. The summed E-state index contributed by atoms with van der Waals surface area (Å²) in [6.45, 7) is 4.95. The van der Waals surface area contributed by atoms with E-state index in [0.29, 0.717) is 0 Å². The summed E-state index contributed by atoms with van der Waals surface area (Å²) in [7, 11) is 0. The van der Waals surface area contributed by atoms with Crippen LogP contribution in [-0.2, 0) is 0 Å². The maximum absolute atomic E-state index is 5.66. The Morgan fingerprint density at radius 1 is 1.15 bits per heavy atom. The van der Waals surface area contributed by atoms with E-state index >= 15 is 0 Å². The molecule has 3 rings (SSSR count). The summed E-state index contributed by atoms with van der Waals surface area (Å²) in [5.74, 6) is 1.82. The highest BCUT2D eigenvalue weighted by Crippen LogP contribution is 2.29. The minimum absolute atomic E-state index is 0.779. The first-order valence-electron chi connectivity index (χ1n) is 7.46. The van der Waals surface area contributed by atoms with Crippen molar-refractivity contribution in [2.24, 2.45) is 11.7 Å². The molecule has 2 heterocycles. The van der Waals surface area contributed by atoms with Gasteiger partial charge in [-0.1, -0.05) is 24.3 Å². The molecule has 20 heavy (non-hydrogen) atoms. The second-order valence-corrected chi connectivity index (χ2v) is 5.66. The third-order valence-electron chi connectivity index (χ3n) is 4.34. The summed E-state index contributed by atoms with van der Waals surface area (Å²) in [5, 5.41) is 11.2. The van der Waals surface area contributed by atoms with E-state index in [-0.39, 0.29) is 0 Å². The fourth-order valence-electron chi connectivity index (χ4n) is 3.13. The molecule has 1 fully saturated rings. The van der Waals surface area contributed by atoms with Gasteiger partial charge in [0.2, 0.25) is 0 Å². The molecule has 2 N–H and O–H groups in total. The first kappa shape index (κ1) is 13.3. The summed E-state index contributed by atoms with van der Waals surface area (Å²) in [6.07, 6.45) is 3.57. The first-order chi connectivity index (χ1) is 9.79. The number of anilines is 1. The van der Waals surface area contributed by atoms with Crippen LogP contribution in [0.1, 0.15) is 25.0 Å². The van der Waals surface area contributed by atoms with Crippen LogP contribution in [0.2, 0.25) is 0 Å². The predicted molar refractivity (Wildman–Crippen MR) is 82.9 cm³/mol. The van der Waals surface area contributed by atoms with E-state index in [0.717, 1.165) is 43.5 Å². The van der Waals surface area contributed by atoms with E-state index < -0.39 is 0 Å². The first-order valence-corrected chi connectivity index (χ1v) is 7.46. The molecular weight excluding hydrogens is 248 g/mol. The van der Waals surface area contributed by atoms with Gasteiger partial charge in [-0.2, -0.15) is 5.10 Å².